The molecule has 5 amide bonds. The fraction of sp³-hybridized carbons (Fsp3) is 0.306. The molecule has 3 fully saturated rings. The van der Waals surface area contributed by atoms with Crippen molar-refractivity contribution in [3.8, 4) is 11.5 Å². The van der Waals surface area contributed by atoms with Crippen LogP contribution in [0.1, 0.15) is 36.8 Å². The van der Waals surface area contributed by atoms with Crippen LogP contribution in [-0.2, 0) is 30.5 Å². The number of methoxy groups -OCH3 is 1. The standard InChI is InChI=1S/C36H32N2O8/c1-36-27(32(41)37(34(36)43)21-11-7-4-8-12-21)18-26-23(15-16-25-29(26)33(42)38(31(25)40)35(44)45-2)30(36)24-14-13-22(17-28(24)39)46-19-20-9-5-3-6-10-20/h3-15,17,25-27,29-30,39H,16,18-19H2,1-2H3/t25-,26+,27-,29-,30+,36+/m0/s1. The molecule has 4 aliphatic rings. The zero-order chi connectivity index (χ0) is 32.3. The van der Waals surface area contributed by atoms with Crippen LogP contribution in [0.3, 0.4) is 0 Å². The Balaban J connectivity index is 1.32. The molecule has 10 nitrogen and oxygen atoms in total. The van der Waals surface area contributed by atoms with E-state index in [0.29, 0.717) is 27.5 Å². The number of carbonyl (C=O) groups is 5. The largest absolute Gasteiger partial charge is 0.508 e. The van der Waals surface area contributed by atoms with Crippen LogP contribution in [0.15, 0.2) is 90.5 Å². The summed E-state index contributed by atoms with van der Waals surface area (Å²) >= 11 is 0. The Labute approximate surface area is 265 Å². The van der Waals surface area contributed by atoms with Gasteiger partial charge in [-0.3, -0.25) is 19.2 Å². The van der Waals surface area contributed by atoms with Gasteiger partial charge in [-0.05, 0) is 49.4 Å². The number of ether oxygens (including phenoxy) is 2. The monoisotopic (exact) mass is 620 g/mol. The second-order valence-electron chi connectivity index (χ2n) is 12.5. The van der Waals surface area contributed by atoms with Gasteiger partial charge in [0.05, 0.1) is 36.0 Å². The first-order chi connectivity index (χ1) is 22.2. The molecular formula is C36H32N2O8. The number of nitrogens with zero attached hydrogens (tertiary/aromatic N) is 2. The second kappa shape index (κ2) is 11.0. The predicted octanol–water partition coefficient (Wildman–Crippen LogP) is 4.97. The number of carbonyl (C=O) groups excluding carboxylic acids is 5. The van der Waals surface area contributed by atoms with Gasteiger partial charge in [0.1, 0.15) is 18.1 Å². The van der Waals surface area contributed by atoms with Gasteiger partial charge >= 0.3 is 6.09 Å². The van der Waals surface area contributed by atoms with Crippen molar-refractivity contribution in [3.05, 3.63) is 102 Å². The van der Waals surface area contributed by atoms with Crippen molar-refractivity contribution in [1.82, 2.24) is 4.90 Å². The summed E-state index contributed by atoms with van der Waals surface area (Å²) in [6, 6.07) is 23.2. The van der Waals surface area contributed by atoms with E-state index in [-0.39, 0.29) is 25.2 Å². The minimum Gasteiger partial charge on any atom is -0.508 e. The van der Waals surface area contributed by atoms with Gasteiger partial charge in [-0.15, -0.1) is 0 Å². The average Bonchev–Trinajstić information content (AvgIpc) is 3.44. The summed E-state index contributed by atoms with van der Waals surface area (Å²) in [5, 5.41) is 11.5. The number of anilines is 1. The first-order valence-electron chi connectivity index (χ1n) is 15.3. The van der Waals surface area contributed by atoms with Gasteiger partial charge in [0.25, 0.3) is 0 Å². The molecule has 0 radical (unpaired) electrons. The number of aromatic hydroxyl groups is 1. The highest BCUT2D eigenvalue weighted by atomic mass is 16.5. The first-order valence-corrected chi connectivity index (χ1v) is 15.3. The molecule has 3 aromatic rings. The van der Waals surface area contributed by atoms with Crippen LogP contribution in [0.2, 0.25) is 0 Å². The molecule has 7 rings (SSSR count). The molecule has 0 aromatic heterocycles. The summed E-state index contributed by atoms with van der Waals surface area (Å²) in [4.78, 5) is 69.9. The van der Waals surface area contributed by atoms with Crippen LogP contribution in [0.4, 0.5) is 10.5 Å². The predicted molar refractivity (Wildman–Crippen MR) is 164 cm³/mol. The first kappa shape index (κ1) is 29.5. The highest BCUT2D eigenvalue weighted by Gasteiger charge is 2.68. The van der Waals surface area contributed by atoms with Crippen LogP contribution in [0.5, 0.6) is 11.5 Å². The van der Waals surface area contributed by atoms with Gasteiger partial charge in [0.2, 0.25) is 23.6 Å². The molecule has 46 heavy (non-hydrogen) atoms. The van der Waals surface area contributed by atoms with Crippen molar-refractivity contribution in [2.75, 3.05) is 12.0 Å². The lowest BCUT2D eigenvalue weighted by Gasteiger charge is -2.49. The number of para-hydroxylation sites is 1. The molecule has 6 atom stereocenters. The summed E-state index contributed by atoms with van der Waals surface area (Å²) in [5.41, 5.74) is 1.16. The molecule has 2 heterocycles. The van der Waals surface area contributed by atoms with Crippen LogP contribution in [-0.4, -0.2) is 46.8 Å². The fourth-order valence-electron chi connectivity index (χ4n) is 8.05. The van der Waals surface area contributed by atoms with Crippen molar-refractivity contribution in [1.29, 1.82) is 0 Å². The van der Waals surface area contributed by atoms with Crippen molar-refractivity contribution in [2.24, 2.45) is 29.1 Å². The Morgan fingerprint density at radius 2 is 1.61 bits per heavy atom. The van der Waals surface area contributed by atoms with Crippen molar-refractivity contribution >= 4 is 35.4 Å². The molecule has 10 heteroatoms. The third kappa shape index (κ3) is 4.27. The number of hydrogen-bond acceptors (Lipinski definition) is 8. The minimum atomic E-state index is -1.32. The van der Waals surface area contributed by atoms with Crippen LogP contribution in [0, 0.1) is 29.1 Å². The number of fused-ring (bicyclic) bond motifs is 4. The molecule has 0 bridgehead atoms. The second-order valence-corrected chi connectivity index (χ2v) is 12.5. The molecule has 2 aliphatic heterocycles. The lowest BCUT2D eigenvalue weighted by Crippen LogP contribution is -2.49. The van der Waals surface area contributed by atoms with Gasteiger partial charge < -0.3 is 14.6 Å². The minimum absolute atomic E-state index is 0.123. The maximum Gasteiger partial charge on any atom is 0.423 e. The molecular weight excluding hydrogens is 588 g/mol. The van der Waals surface area contributed by atoms with E-state index in [9.17, 15) is 29.1 Å². The van der Waals surface area contributed by atoms with Gasteiger partial charge in [0.15, 0.2) is 0 Å². The Morgan fingerprint density at radius 3 is 2.28 bits per heavy atom. The normalized spacial score (nSPS) is 28.4. The lowest BCUT2D eigenvalue weighted by atomic mass is 9.51. The molecule has 1 saturated carbocycles. The number of phenolic OH excluding ortho intramolecular Hbond substituents is 1. The Morgan fingerprint density at radius 1 is 0.913 bits per heavy atom. The Hall–Kier alpha value is -5.25. The number of hydrogen-bond donors (Lipinski definition) is 1. The van der Waals surface area contributed by atoms with E-state index in [0.717, 1.165) is 12.7 Å². The highest BCUT2D eigenvalue weighted by molar-refractivity contribution is 6.24. The van der Waals surface area contributed by atoms with Crippen molar-refractivity contribution in [3.63, 3.8) is 0 Å². The van der Waals surface area contributed by atoms with E-state index in [2.05, 4.69) is 0 Å². The van der Waals surface area contributed by atoms with E-state index in [1.807, 2.05) is 36.4 Å². The summed E-state index contributed by atoms with van der Waals surface area (Å²) in [6.07, 6.45) is 1.09. The van der Waals surface area contributed by atoms with Gasteiger partial charge in [-0.25, -0.2) is 9.69 Å². The number of imide groups is 4. The molecule has 3 aromatic carbocycles. The van der Waals surface area contributed by atoms with E-state index < -0.39 is 64.7 Å². The van der Waals surface area contributed by atoms with Crippen molar-refractivity contribution < 1.29 is 38.6 Å². The summed E-state index contributed by atoms with van der Waals surface area (Å²) in [7, 11) is 1.10. The zero-order valence-electron chi connectivity index (χ0n) is 25.3. The van der Waals surface area contributed by atoms with Crippen LogP contribution < -0.4 is 9.64 Å². The third-order valence-corrected chi connectivity index (χ3v) is 10.2. The van der Waals surface area contributed by atoms with Gasteiger partial charge in [0, 0.05) is 17.5 Å². The third-order valence-electron chi connectivity index (χ3n) is 10.2. The molecule has 234 valence electrons. The zero-order valence-corrected chi connectivity index (χ0v) is 25.3. The maximum absolute atomic E-state index is 14.5. The average molecular weight is 621 g/mol. The number of phenols is 1. The van der Waals surface area contributed by atoms with E-state index in [1.165, 1.54) is 11.0 Å². The smallest absolute Gasteiger partial charge is 0.423 e. The molecule has 2 aliphatic carbocycles. The van der Waals surface area contributed by atoms with Crippen molar-refractivity contribution in [2.45, 2.75) is 32.3 Å². The topological polar surface area (TPSA) is 131 Å². The quantitative estimate of drug-likeness (QED) is 0.313. The highest BCUT2D eigenvalue weighted by Crippen LogP contribution is 2.64. The Kier molecular flexibility index (Phi) is 7.03. The summed E-state index contributed by atoms with van der Waals surface area (Å²) in [5.74, 6) is -5.85. The molecule has 1 N–H and O–H groups in total. The summed E-state index contributed by atoms with van der Waals surface area (Å²) < 4.78 is 10.7. The SMILES string of the molecule is COC(=O)N1C(=O)[C@H]2[C@H](CC=C3[C@H]2C[C@H]2C(=O)N(c4ccccc4)C(=O)[C@@]2(C)[C@H]3c2ccc(OCc3ccccc3)cc2O)C1=O. The van der Waals surface area contributed by atoms with Crippen LogP contribution in [0.25, 0.3) is 0 Å². The lowest BCUT2D eigenvalue weighted by molar-refractivity contribution is -0.138. The maximum atomic E-state index is 14.5. The number of amides is 5. The van der Waals surface area contributed by atoms with Gasteiger partial charge in [-0.2, -0.15) is 4.90 Å². The number of allylic oxidation sites excluding steroid dienone is 2. The van der Waals surface area contributed by atoms with E-state index in [4.69, 9.17) is 9.47 Å². The Bertz CT molecular complexity index is 1800. The number of rotatable bonds is 5. The number of benzene rings is 3. The van der Waals surface area contributed by atoms with Crippen LogP contribution >= 0.6 is 0 Å². The fourth-order valence-corrected chi connectivity index (χ4v) is 8.05. The molecule has 0 unspecified atom stereocenters. The van der Waals surface area contributed by atoms with E-state index in [1.54, 1.807) is 49.4 Å². The molecule has 0 spiro atoms. The molecule has 2 saturated heterocycles. The van der Waals surface area contributed by atoms with E-state index >= 15 is 0 Å². The summed E-state index contributed by atoms with van der Waals surface area (Å²) in [6.45, 7) is 2.03. The number of likely N-dealkylation sites (tertiary alicyclic amines) is 1. The van der Waals surface area contributed by atoms with Gasteiger partial charge in [-0.1, -0.05) is 66.2 Å².